The van der Waals surface area contributed by atoms with E-state index < -0.39 is 9.84 Å². The van der Waals surface area contributed by atoms with Crippen LogP contribution in [0.25, 0.3) is 0 Å². The number of nitrogens with one attached hydrogen (secondary N) is 2. The van der Waals surface area contributed by atoms with Gasteiger partial charge in [-0.05, 0) is 48.5 Å². The number of aromatic hydroxyl groups is 1. The Morgan fingerprint density at radius 1 is 0.840 bits per heavy atom. The SMILES string of the molecule is CS(=O)(=O)c1ccc(C(=O)NCCNC(=O)c2ccc(O)cc2)cc1. The second-order valence-corrected chi connectivity index (χ2v) is 7.37. The van der Waals surface area contributed by atoms with Gasteiger partial charge in [0.2, 0.25) is 0 Å². The molecule has 132 valence electrons. The summed E-state index contributed by atoms with van der Waals surface area (Å²) >= 11 is 0. The second-order valence-electron chi connectivity index (χ2n) is 5.36. The van der Waals surface area contributed by atoms with Gasteiger partial charge in [-0.1, -0.05) is 0 Å². The topological polar surface area (TPSA) is 113 Å². The van der Waals surface area contributed by atoms with Gasteiger partial charge in [0.1, 0.15) is 5.75 Å². The van der Waals surface area contributed by atoms with Gasteiger partial charge in [0.25, 0.3) is 11.8 Å². The summed E-state index contributed by atoms with van der Waals surface area (Å²) in [6, 6.07) is 11.4. The van der Waals surface area contributed by atoms with E-state index in [-0.39, 0.29) is 35.5 Å². The molecule has 0 aromatic heterocycles. The fourth-order valence-corrected chi connectivity index (χ4v) is 2.65. The van der Waals surface area contributed by atoms with Gasteiger partial charge in [-0.25, -0.2) is 8.42 Å². The minimum absolute atomic E-state index is 0.0747. The Hall–Kier alpha value is -2.87. The molecule has 2 amide bonds. The molecule has 0 aliphatic rings. The lowest BCUT2D eigenvalue weighted by atomic mass is 10.2. The molecule has 0 unspecified atom stereocenters. The van der Waals surface area contributed by atoms with Crippen molar-refractivity contribution in [1.82, 2.24) is 10.6 Å². The van der Waals surface area contributed by atoms with Gasteiger partial charge in [-0.2, -0.15) is 0 Å². The number of phenolic OH excluding ortho intramolecular Hbond substituents is 1. The molecule has 0 fully saturated rings. The first kappa shape index (κ1) is 18.5. The highest BCUT2D eigenvalue weighted by Gasteiger charge is 2.10. The van der Waals surface area contributed by atoms with Gasteiger partial charge < -0.3 is 15.7 Å². The molecule has 0 saturated carbocycles. The Kier molecular flexibility index (Phi) is 5.76. The zero-order valence-electron chi connectivity index (χ0n) is 13.5. The van der Waals surface area contributed by atoms with Crippen LogP contribution in [0, 0.1) is 0 Å². The Morgan fingerprint density at radius 2 is 1.24 bits per heavy atom. The maximum atomic E-state index is 12.0. The number of hydrogen-bond acceptors (Lipinski definition) is 5. The maximum Gasteiger partial charge on any atom is 0.251 e. The summed E-state index contributed by atoms with van der Waals surface area (Å²) in [7, 11) is -3.30. The minimum Gasteiger partial charge on any atom is -0.508 e. The molecule has 3 N–H and O–H groups in total. The predicted molar refractivity (Wildman–Crippen MR) is 92.3 cm³/mol. The van der Waals surface area contributed by atoms with Gasteiger partial charge in [0.15, 0.2) is 9.84 Å². The smallest absolute Gasteiger partial charge is 0.251 e. The van der Waals surface area contributed by atoms with E-state index in [4.69, 9.17) is 0 Å². The van der Waals surface area contributed by atoms with Crippen molar-refractivity contribution in [3.63, 3.8) is 0 Å². The summed E-state index contributed by atoms with van der Waals surface area (Å²) < 4.78 is 22.7. The molecule has 8 heteroatoms. The summed E-state index contributed by atoms with van der Waals surface area (Å²) in [6.45, 7) is 0.448. The molecule has 0 aliphatic heterocycles. The van der Waals surface area contributed by atoms with Gasteiger partial charge in [0.05, 0.1) is 4.90 Å². The molecule has 0 aliphatic carbocycles. The van der Waals surface area contributed by atoms with E-state index in [0.717, 1.165) is 6.26 Å². The lowest BCUT2D eigenvalue weighted by Crippen LogP contribution is -2.34. The van der Waals surface area contributed by atoms with Crippen LogP contribution in [0.4, 0.5) is 0 Å². The van der Waals surface area contributed by atoms with Gasteiger partial charge in [0, 0.05) is 30.5 Å². The quantitative estimate of drug-likeness (QED) is 0.663. The van der Waals surface area contributed by atoms with Crippen LogP contribution in [0.1, 0.15) is 20.7 Å². The first-order chi connectivity index (χ1) is 11.8. The lowest BCUT2D eigenvalue weighted by molar-refractivity contribution is 0.0927. The fraction of sp³-hybridized carbons (Fsp3) is 0.176. The van der Waals surface area contributed by atoms with Crippen LogP contribution < -0.4 is 10.6 Å². The van der Waals surface area contributed by atoms with Gasteiger partial charge in [-0.15, -0.1) is 0 Å². The van der Waals surface area contributed by atoms with E-state index in [1.807, 2.05) is 0 Å². The average molecular weight is 362 g/mol. The van der Waals surface area contributed by atoms with Crippen LogP contribution in [0.2, 0.25) is 0 Å². The number of sulfone groups is 1. The zero-order valence-corrected chi connectivity index (χ0v) is 14.3. The number of hydrogen-bond donors (Lipinski definition) is 3. The van der Waals surface area contributed by atoms with Crippen LogP contribution in [0.3, 0.4) is 0 Å². The molecule has 7 nitrogen and oxygen atoms in total. The molecular formula is C17H18N2O5S. The number of carbonyl (C=O) groups is 2. The van der Waals surface area contributed by atoms with Crippen molar-refractivity contribution in [2.75, 3.05) is 19.3 Å². The minimum atomic E-state index is -3.30. The van der Waals surface area contributed by atoms with Crippen LogP contribution in [0.15, 0.2) is 53.4 Å². The molecule has 0 saturated heterocycles. The largest absolute Gasteiger partial charge is 0.508 e. The molecule has 0 heterocycles. The fourth-order valence-electron chi connectivity index (χ4n) is 2.02. The highest BCUT2D eigenvalue weighted by atomic mass is 32.2. The first-order valence-electron chi connectivity index (χ1n) is 7.43. The second kappa shape index (κ2) is 7.80. The number of rotatable bonds is 6. The van der Waals surface area contributed by atoms with Crippen LogP contribution in [-0.2, 0) is 9.84 Å². The van der Waals surface area contributed by atoms with Crippen molar-refractivity contribution in [1.29, 1.82) is 0 Å². The summed E-state index contributed by atoms with van der Waals surface area (Å²) in [4.78, 5) is 23.9. The molecule has 2 aromatic rings. The summed E-state index contributed by atoms with van der Waals surface area (Å²) in [6.07, 6.45) is 1.10. The zero-order chi connectivity index (χ0) is 18.4. The Bertz CT molecular complexity index is 859. The number of phenols is 1. The van der Waals surface area contributed by atoms with E-state index in [1.165, 1.54) is 48.5 Å². The molecular weight excluding hydrogens is 344 g/mol. The van der Waals surface area contributed by atoms with Crippen molar-refractivity contribution in [3.8, 4) is 5.75 Å². The monoisotopic (exact) mass is 362 g/mol. The summed E-state index contributed by atoms with van der Waals surface area (Å²) in [5, 5.41) is 14.4. The Morgan fingerprint density at radius 3 is 1.64 bits per heavy atom. The molecule has 0 spiro atoms. The maximum absolute atomic E-state index is 12.0. The van der Waals surface area contributed by atoms with Crippen molar-refractivity contribution < 1.29 is 23.1 Å². The number of amides is 2. The van der Waals surface area contributed by atoms with E-state index in [2.05, 4.69) is 10.6 Å². The normalized spacial score (nSPS) is 10.9. The first-order valence-corrected chi connectivity index (χ1v) is 9.32. The Labute approximate surface area is 145 Å². The van der Waals surface area contributed by atoms with Gasteiger partial charge >= 0.3 is 0 Å². The third kappa shape index (κ3) is 5.32. The molecule has 0 atom stereocenters. The highest BCUT2D eigenvalue weighted by Crippen LogP contribution is 2.10. The standard InChI is InChI=1S/C17H18N2O5S/c1-25(23,24)15-8-4-13(5-9-15)17(22)19-11-10-18-16(21)12-2-6-14(20)7-3-12/h2-9,20H,10-11H2,1H3,(H,18,21)(H,19,22). The summed E-state index contributed by atoms with van der Waals surface area (Å²) in [5.41, 5.74) is 0.734. The van der Waals surface area contributed by atoms with Crippen LogP contribution >= 0.6 is 0 Å². The average Bonchev–Trinajstić information content (AvgIpc) is 2.58. The van der Waals surface area contributed by atoms with Crippen molar-refractivity contribution >= 4 is 21.7 Å². The third-order valence-corrected chi connectivity index (χ3v) is 4.50. The molecule has 25 heavy (non-hydrogen) atoms. The summed E-state index contributed by atoms with van der Waals surface area (Å²) in [5.74, 6) is -0.601. The molecule has 2 rings (SSSR count). The number of carbonyl (C=O) groups excluding carboxylic acids is 2. The van der Waals surface area contributed by atoms with Crippen LogP contribution in [-0.4, -0.2) is 44.7 Å². The molecule has 0 radical (unpaired) electrons. The van der Waals surface area contributed by atoms with E-state index >= 15 is 0 Å². The van der Waals surface area contributed by atoms with E-state index in [1.54, 1.807) is 0 Å². The molecule has 0 bridgehead atoms. The highest BCUT2D eigenvalue weighted by molar-refractivity contribution is 7.90. The lowest BCUT2D eigenvalue weighted by Gasteiger charge is -2.08. The number of benzene rings is 2. The van der Waals surface area contributed by atoms with E-state index in [0.29, 0.717) is 11.1 Å². The van der Waals surface area contributed by atoms with Crippen molar-refractivity contribution in [3.05, 3.63) is 59.7 Å². The van der Waals surface area contributed by atoms with Gasteiger partial charge in [-0.3, -0.25) is 9.59 Å². The van der Waals surface area contributed by atoms with Crippen LogP contribution in [0.5, 0.6) is 5.75 Å². The third-order valence-electron chi connectivity index (χ3n) is 3.37. The predicted octanol–water partition coefficient (Wildman–Crippen LogP) is 0.956. The molecule has 2 aromatic carbocycles. The van der Waals surface area contributed by atoms with Crippen molar-refractivity contribution in [2.45, 2.75) is 4.90 Å². The van der Waals surface area contributed by atoms with E-state index in [9.17, 15) is 23.1 Å². The Balaban J connectivity index is 1.80. The van der Waals surface area contributed by atoms with Crippen molar-refractivity contribution in [2.24, 2.45) is 0 Å².